The summed E-state index contributed by atoms with van der Waals surface area (Å²) in [6, 6.07) is 0. The molecule has 3 nitrogen and oxygen atoms in total. The maximum atomic E-state index is 5.54. The first kappa shape index (κ1) is 11.1. The highest BCUT2D eigenvalue weighted by Crippen LogP contribution is 2.22. The first-order valence-electron chi connectivity index (χ1n) is 6.09. The van der Waals surface area contributed by atoms with Gasteiger partial charge in [-0.05, 0) is 32.6 Å². The Morgan fingerprint density at radius 2 is 1.80 bits per heavy atom. The first-order chi connectivity index (χ1) is 7.29. The first-order valence-corrected chi connectivity index (χ1v) is 6.09. The van der Waals surface area contributed by atoms with Crippen molar-refractivity contribution in [3.8, 4) is 0 Å². The molecular weight excluding hydrogens is 190 g/mol. The second-order valence-corrected chi connectivity index (χ2v) is 4.59. The average molecular weight is 211 g/mol. The van der Waals surface area contributed by atoms with Crippen molar-refractivity contribution >= 4 is 5.71 Å². The number of ether oxygens (including phenoxy) is 2. The van der Waals surface area contributed by atoms with Crippen LogP contribution in [-0.4, -0.2) is 31.3 Å². The SMILES string of the molecule is CC1(CCN=C2CCCCC2)OCCO1. The van der Waals surface area contributed by atoms with E-state index in [1.165, 1.54) is 37.8 Å². The number of hydrogen-bond acceptors (Lipinski definition) is 3. The number of aliphatic imine (C=N–C) groups is 1. The largest absolute Gasteiger partial charge is 0.348 e. The molecule has 3 heteroatoms. The van der Waals surface area contributed by atoms with Crippen molar-refractivity contribution in [2.45, 2.75) is 51.2 Å². The van der Waals surface area contributed by atoms with Crippen LogP contribution in [0.4, 0.5) is 0 Å². The topological polar surface area (TPSA) is 30.8 Å². The third-order valence-corrected chi connectivity index (χ3v) is 3.23. The lowest BCUT2D eigenvalue weighted by atomic mass is 9.98. The molecule has 1 saturated carbocycles. The fraction of sp³-hybridized carbons (Fsp3) is 0.917. The van der Waals surface area contributed by atoms with Gasteiger partial charge in [-0.2, -0.15) is 0 Å². The van der Waals surface area contributed by atoms with Crippen molar-refractivity contribution in [3.05, 3.63) is 0 Å². The molecule has 0 bridgehead atoms. The minimum atomic E-state index is -0.362. The molecule has 1 heterocycles. The summed E-state index contributed by atoms with van der Waals surface area (Å²) in [7, 11) is 0. The summed E-state index contributed by atoms with van der Waals surface area (Å²) in [6.45, 7) is 4.33. The van der Waals surface area contributed by atoms with Crippen molar-refractivity contribution in [1.29, 1.82) is 0 Å². The standard InChI is InChI=1S/C12H21NO2/c1-12(14-9-10-15-12)7-8-13-11-5-3-2-4-6-11/h2-10H2,1H3. The lowest BCUT2D eigenvalue weighted by molar-refractivity contribution is -0.144. The molecule has 1 saturated heterocycles. The van der Waals surface area contributed by atoms with Gasteiger partial charge in [0.05, 0.1) is 13.2 Å². The summed E-state index contributed by atoms with van der Waals surface area (Å²) in [5, 5.41) is 0. The molecular formula is C12H21NO2. The Labute approximate surface area is 91.9 Å². The van der Waals surface area contributed by atoms with E-state index in [4.69, 9.17) is 9.47 Å². The van der Waals surface area contributed by atoms with Crippen LogP contribution in [0.2, 0.25) is 0 Å². The zero-order valence-electron chi connectivity index (χ0n) is 9.63. The summed E-state index contributed by atoms with van der Waals surface area (Å²) in [5.74, 6) is -0.362. The summed E-state index contributed by atoms with van der Waals surface area (Å²) in [5.41, 5.74) is 1.41. The molecule has 0 unspecified atom stereocenters. The van der Waals surface area contributed by atoms with Crippen LogP contribution in [0.25, 0.3) is 0 Å². The van der Waals surface area contributed by atoms with E-state index >= 15 is 0 Å². The van der Waals surface area contributed by atoms with Gasteiger partial charge in [0.2, 0.25) is 0 Å². The molecule has 1 aliphatic carbocycles. The second-order valence-electron chi connectivity index (χ2n) is 4.59. The molecule has 1 aliphatic heterocycles. The van der Waals surface area contributed by atoms with E-state index in [9.17, 15) is 0 Å². The highest BCUT2D eigenvalue weighted by atomic mass is 16.7. The molecule has 86 valence electrons. The molecule has 0 aromatic rings. The lowest BCUT2D eigenvalue weighted by Crippen LogP contribution is -2.26. The number of nitrogens with zero attached hydrogens (tertiary/aromatic N) is 1. The number of hydrogen-bond donors (Lipinski definition) is 0. The minimum absolute atomic E-state index is 0.362. The highest BCUT2D eigenvalue weighted by Gasteiger charge is 2.30. The van der Waals surface area contributed by atoms with Gasteiger partial charge in [0, 0.05) is 18.7 Å². The van der Waals surface area contributed by atoms with Crippen molar-refractivity contribution in [1.82, 2.24) is 0 Å². The van der Waals surface area contributed by atoms with Gasteiger partial charge in [-0.25, -0.2) is 0 Å². The predicted molar refractivity (Wildman–Crippen MR) is 60.3 cm³/mol. The van der Waals surface area contributed by atoms with Crippen molar-refractivity contribution in [2.24, 2.45) is 4.99 Å². The van der Waals surface area contributed by atoms with Crippen LogP contribution >= 0.6 is 0 Å². The Balaban J connectivity index is 1.73. The van der Waals surface area contributed by atoms with Crippen LogP contribution in [-0.2, 0) is 9.47 Å². The van der Waals surface area contributed by atoms with Crippen LogP contribution < -0.4 is 0 Å². The van der Waals surface area contributed by atoms with Gasteiger partial charge in [-0.3, -0.25) is 4.99 Å². The lowest BCUT2D eigenvalue weighted by Gasteiger charge is -2.21. The highest BCUT2D eigenvalue weighted by molar-refractivity contribution is 5.84. The van der Waals surface area contributed by atoms with Gasteiger partial charge in [0.1, 0.15) is 0 Å². The van der Waals surface area contributed by atoms with Crippen LogP contribution in [0, 0.1) is 0 Å². The molecule has 2 rings (SSSR count). The quantitative estimate of drug-likeness (QED) is 0.718. The second kappa shape index (κ2) is 5.08. The zero-order chi connectivity index (χ0) is 10.6. The van der Waals surface area contributed by atoms with Crippen molar-refractivity contribution < 1.29 is 9.47 Å². The number of rotatable bonds is 3. The van der Waals surface area contributed by atoms with E-state index in [-0.39, 0.29) is 5.79 Å². The molecule has 0 atom stereocenters. The fourth-order valence-corrected chi connectivity index (χ4v) is 2.24. The molecule has 0 spiro atoms. The van der Waals surface area contributed by atoms with Crippen LogP contribution in [0.15, 0.2) is 4.99 Å². The Morgan fingerprint density at radius 3 is 2.47 bits per heavy atom. The monoisotopic (exact) mass is 211 g/mol. The molecule has 0 N–H and O–H groups in total. The van der Waals surface area contributed by atoms with E-state index in [0.717, 1.165) is 26.2 Å². The van der Waals surface area contributed by atoms with E-state index in [2.05, 4.69) is 4.99 Å². The van der Waals surface area contributed by atoms with E-state index in [1.54, 1.807) is 0 Å². The maximum Gasteiger partial charge on any atom is 0.167 e. The third kappa shape index (κ3) is 3.28. The Bertz CT molecular complexity index is 224. The average Bonchev–Trinajstić information content (AvgIpc) is 2.67. The van der Waals surface area contributed by atoms with Gasteiger partial charge in [-0.15, -0.1) is 0 Å². The van der Waals surface area contributed by atoms with E-state index in [1.807, 2.05) is 6.92 Å². The van der Waals surface area contributed by atoms with Crippen molar-refractivity contribution in [2.75, 3.05) is 19.8 Å². The summed E-state index contributed by atoms with van der Waals surface area (Å²) in [6.07, 6.45) is 7.32. The van der Waals surface area contributed by atoms with Crippen LogP contribution in [0.3, 0.4) is 0 Å². The Morgan fingerprint density at radius 1 is 1.13 bits per heavy atom. The Kier molecular flexibility index (Phi) is 3.76. The van der Waals surface area contributed by atoms with Gasteiger partial charge in [0.15, 0.2) is 5.79 Å². The summed E-state index contributed by atoms with van der Waals surface area (Å²) in [4.78, 5) is 4.65. The molecule has 0 radical (unpaired) electrons. The molecule has 0 amide bonds. The summed E-state index contributed by atoms with van der Waals surface area (Å²) >= 11 is 0. The normalized spacial score (nSPS) is 25.5. The predicted octanol–water partition coefficient (Wildman–Crippen LogP) is 2.54. The maximum absolute atomic E-state index is 5.54. The Hall–Kier alpha value is -0.410. The zero-order valence-corrected chi connectivity index (χ0v) is 9.63. The van der Waals surface area contributed by atoms with Crippen LogP contribution in [0.1, 0.15) is 45.4 Å². The summed E-state index contributed by atoms with van der Waals surface area (Å²) < 4.78 is 11.1. The van der Waals surface area contributed by atoms with Gasteiger partial charge in [0.25, 0.3) is 0 Å². The molecule has 0 aromatic heterocycles. The molecule has 2 fully saturated rings. The molecule has 15 heavy (non-hydrogen) atoms. The van der Waals surface area contributed by atoms with Gasteiger partial charge >= 0.3 is 0 Å². The van der Waals surface area contributed by atoms with E-state index < -0.39 is 0 Å². The van der Waals surface area contributed by atoms with Gasteiger partial charge < -0.3 is 9.47 Å². The fourth-order valence-electron chi connectivity index (χ4n) is 2.24. The molecule has 2 aliphatic rings. The third-order valence-electron chi connectivity index (χ3n) is 3.23. The molecule has 0 aromatic carbocycles. The van der Waals surface area contributed by atoms with Gasteiger partial charge in [-0.1, -0.05) is 6.42 Å². The van der Waals surface area contributed by atoms with Crippen molar-refractivity contribution in [3.63, 3.8) is 0 Å². The minimum Gasteiger partial charge on any atom is -0.348 e. The smallest absolute Gasteiger partial charge is 0.167 e. The van der Waals surface area contributed by atoms with Crippen LogP contribution in [0.5, 0.6) is 0 Å². The van der Waals surface area contributed by atoms with E-state index in [0.29, 0.717) is 0 Å².